The molecular formula is C23H33N3O4S. The van der Waals surface area contributed by atoms with Gasteiger partial charge in [-0.1, -0.05) is 12.1 Å². The number of carbonyl (C=O) groups is 1. The molecule has 1 atom stereocenters. The Morgan fingerprint density at radius 3 is 2.52 bits per heavy atom. The highest BCUT2D eigenvalue weighted by Crippen LogP contribution is 2.28. The van der Waals surface area contributed by atoms with E-state index in [9.17, 15) is 13.2 Å². The Morgan fingerprint density at radius 1 is 1.03 bits per heavy atom. The van der Waals surface area contributed by atoms with Crippen molar-refractivity contribution in [1.29, 1.82) is 0 Å². The van der Waals surface area contributed by atoms with Crippen molar-refractivity contribution < 1.29 is 17.9 Å². The van der Waals surface area contributed by atoms with Gasteiger partial charge in [-0.15, -0.1) is 0 Å². The van der Waals surface area contributed by atoms with Gasteiger partial charge in [-0.05, 0) is 49.5 Å². The smallest absolute Gasteiger partial charge is 0.225 e. The van der Waals surface area contributed by atoms with E-state index < -0.39 is 9.84 Å². The number of hydrogen-bond acceptors (Lipinski definition) is 6. The number of amides is 1. The summed E-state index contributed by atoms with van der Waals surface area (Å²) in [5.74, 6) is 2.04. The lowest BCUT2D eigenvalue weighted by molar-refractivity contribution is -0.139. The largest absolute Gasteiger partial charge is 0.493 e. The van der Waals surface area contributed by atoms with E-state index in [-0.39, 0.29) is 12.0 Å². The number of nitrogens with zero attached hydrogens (tertiary/aromatic N) is 3. The van der Waals surface area contributed by atoms with Crippen LogP contribution in [0.15, 0.2) is 18.2 Å². The second-order valence-electron chi connectivity index (χ2n) is 9.51. The molecule has 0 saturated carbocycles. The highest BCUT2D eigenvalue weighted by atomic mass is 32.2. The number of ether oxygens (including phenoxy) is 1. The molecule has 5 rings (SSSR count). The number of piperazine rings is 1. The first-order chi connectivity index (χ1) is 15.0. The Morgan fingerprint density at radius 2 is 1.81 bits per heavy atom. The Kier molecular flexibility index (Phi) is 5.96. The van der Waals surface area contributed by atoms with Crippen molar-refractivity contribution in [2.24, 2.45) is 5.92 Å². The highest BCUT2D eigenvalue weighted by Gasteiger charge is 2.36. The van der Waals surface area contributed by atoms with Gasteiger partial charge in [0.15, 0.2) is 9.84 Å². The number of benzene rings is 1. The van der Waals surface area contributed by atoms with Gasteiger partial charge in [0.25, 0.3) is 0 Å². The van der Waals surface area contributed by atoms with Gasteiger partial charge in [0.05, 0.1) is 18.1 Å². The lowest BCUT2D eigenvalue weighted by Crippen LogP contribution is -2.52. The van der Waals surface area contributed by atoms with Crippen molar-refractivity contribution in [2.45, 2.75) is 38.3 Å². The van der Waals surface area contributed by atoms with E-state index in [4.69, 9.17) is 4.74 Å². The summed E-state index contributed by atoms with van der Waals surface area (Å²) in [6.07, 6.45) is 3.46. The van der Waals surface area contributed by atoms with E-state index in [1.807, 2.05) is 4.90 Å². The average molecular weight is 448 g/mol. The summed E-state index contributed by atoms with van der Waals surface area (Å²) in [6.45, 7) is 6.84. The summed E-state index contributed by atoms with van der Waals surface area (Å²) in [6, 6.07) is 6.68. The standard InChI is InChI=1S/C23H33N3O4S/c27-23(19-3-7-25(8-4-19)21-6-14-31(28,29)17-21)26-11-9-24(10-12-26)16-18-1-2-22-20(15-18)5-13-30-22/h1-2,15,19,21H,3-14,16-17H2. The third kappa shape index (κ3) is 4.76. The van der Waals surface area contributed by atoms with Crippen molar-refractivity contribution in [1.82, 2.24) is 14.7 Å². The molecule has 0 aliphatic carbocycles. The maximum Gasteiger partial charge on any atom is 0.225 e. The van der Waals surface area contributed by atoms with Crippen LogP contribution in [0.1, 0.15) is 30.4 Å². The second kappa shape index (κ2) is 8.71. The summed E-state index contributed by atoms with van der Waals surface area (Å²) in [7, 11) is -2.85. The third-order valence-electron chi connectivity index (χ3n) is 7.45. The number of carbonyl (C=O) groups excluding carboxylic acids is 1. The molecule has 0 aromatic heterocycles. The van der Waals surface area contributed by atoms with Gasteiger partial charge in [-0.3, -0.25) is 14.6 Å². The van der Waals surface area contributed by atoms with Crippen molar-refractivity contribution in [3.8, 4) is 5.75 Å². The zero-order valence-corrected chi connectivity index (χ0v) is 19.0. The second-order valence-corrected chi connectivity index (χ2v) is 11.7. The number of fused-ring (bicyclic) bond motifs is 1. The maximum absolute atomic E-state index is 13.1. The summed E-state index contributed by atoms with van der Waals surface area (Å²) < 4.78 is 29.1. The highest BCUT2D eigenvalue weighted by molar-refractivity contribution is 7.91. The van der Waals surface area contributed by atoms with Crippen molar-refractivity contribution in [2.75, 3.05) is 57.4 Å². The molecule has 8 heteroatoms. The van der Waals surface area contributed by atoms with E-state index in [2.05, 4.69) is 28.0 Å². The molecule has 1 amide bonds. The first-order valence-corrected chi connectivity index (χ1v) is 13.5. The zero-order valence-electron chi connectivity index (χ0n) is 18.2. The van der Waals surface area contributed by atoms with Gasteiger partial charge in [0.1, 0.15) is 5.75 Å². The molecule has 1 aromatic rings. The monoisotopic (exact) mass is 447 g/mol. The van der Waals surface area contributed by atoms with Gasteiger partial charge in [-0.2, -0.15) is 0 Å². The molecule has 0 radical (unpaired) electrons. The Bertz CT molecular complexity index is 919. The number of sulfone groups is 1. The molecule has 4 heterocycles. The molecule has 4 aliphatic rings. The topological polar surface area (TPSA) is 70.2 Å². The van der Waals surface area contributed by atoms with Gasteiger partial charge in [0.2, 0.25) is 5.91 Å². The van der Waals surface area contributed by atoms with Crippen LogP contribution in [0.4, 0.5) is 0 Å². The Labute approximate surface area is 185 Å². The minimum absolute atomic E-state index is 0.0949. The first kappa shape index (κ1) is 21.2. The molecule has 7 nitrogen and oxygen atoms in total. The summed E-state index contributed by atoms with van der Waals surface area (Å²) in [4.78, 5) is 19.8. The lowest BCUT2D eigenvalue weighted by Gasteiger charge is -2.39. The number of likely N-dealkylation sites (tertiary alicyclic amines) is 1. The molecule has 0 bridgehead atoms. The first-order valence-electron chi connectivity index (χ1n) is 11.7. The molecular weight excluding hydrogens is 414 g/mol. The van der Waals surface area contributed by atoms with Gasteiger partial charge >= 0.3 is 0 Å². The van der Waals surface area contributed by atoms with Crippen molar-refractivity contribution in [3.63, 3.8) is 0 Å². The SMILES string of the molecule is O=C(C1CCN(C2CCS(=O)(=O)C2)CC1)N1CCN(Cc2ccc3c(c2)CCO3)CC1. The minimum Gasteiger partial charge on any atom is -0.493 e. The summed E-state index contributed by atoms with van der Waals surface area (Å²) in [5.41, 5.74) is 2.64. The van der Waals surface area contributed by atoms with Crippen LogP contribution in [-0.4, -0.2) is 92.4 Å². The van der Waals surface area contributed by atoms with E-state index in [1.165, 1.54) is 11.1 Å². The predicted octanol–water partition coefficient (Wildman–Crippen LogP) is 1.16. The van der Waals surface area contributed by atoms with Crippen LogP contribution in [0.2, 0.25) is 0 Å². The van der Waals surface area contributed by atoms with Gasteiger partial charge in [0, 0.05) is 51.1 Å². The fourth-order valence-corrected chi connectivity index (χ4v) is 7.32. The van der Waals surface area contributed by atoms with Crippen LogP contribution in [0, 0.1) is 5.92 Å². The van der Waals surface area contributed by atoms with Crippen molar-refractivity contribution >= 4 is 15.7 Å². The van der Waals surface area contributed by atoms with E-state index >= 15 is 0 Å². The normalized spacial score (nSPS) is 27.2. The predicted molar refractivity (Wildman–Crippen MR) is 119 cm³/mol. The zero-order chi connectivity index (χ0) is 21.4. The lowest BCUT2D eigenvalue weighted by atomic mass is 9.94. The molecule has 1 aromatic carbocycles. The van der Waals surface area contributed by atoms with E-state index in [0.717, 1.165) is 83.9 Å². The Balaban J connectivity index is 1.07. The van der Waals surface area contributed by atoms with Crippen LogP contribution in [0.3, 0.4) is 0 Å². The molecule has 0 spiro atoms. The number of rotatable bonds is 4. The summed E-state index contributed by atoms with van der Waals surface area (Å²) in [5, 5.41) is 0. The Hall–Kier alpha value is -1.64. The minimum atomic E-state index is -2.85. The molecule has 0 N–H and O–H groups in total. The van der Waals surface area contributed by atoms with Crippen LogP contribution >= 0.6 is 0 Å². The van der Waals surface area contributed by atoms with Crippen LogP contribution in [0.25, 0.3) is 0 Å². The molecule has 3 saturated heterocycles. The number of hydrogen-bond donors (Lipinski definition) is 0. The maximum atomic E-state index is 13.1. The molecule has 4 aliphatic heterocycles. The van der Waals surface area contributed by atoms with E-state index in [0.29, 0.717) is 17.4 Å². The van der Waals surface area contributed by atoms with Crippen LogP contribution in [-0.2, 0) is 27.6 Å². The van der Waals surface area contributed by atoms with Crippen LogP contribution in [0.5, 0.6) is 5.75 Å². The van der Waals surface area contributed by atoms with Gasteiger partial charge in [-0.25, -0.2) is 8.42 Å². The third-order valence-corrected chi connectivity index (χ3v) is 9.20. The number of piperidine rings is 1. The quantitative estimate of drug-likeness (QED) is 0.690. The van der Waals surface area contributed by atoms with Crippen molar-refractivity contribution in [3.05, 3.63) is 29.3 Å². The molecule has 31 heavy (non-hydrogen) atoms. The van der Waals surface area contributed by atoms with Crippen LogP contribution < -0.4 is 4.74 Å². The fourth-order valence-electron chi connectivity index (χ4n) is 5.56. The molecule has 170 valence electrons. The van der Waals surface area contributed by atoms with E-state index in [1.54, 1.807) is 0 Å². The molecule has 1 unspecified atom stereocenters. The van der Waals surface area contributed by atoms with Gasteiger partial charge < -0.3 is 9.64 Å². The average Bonchev–Trinajstić information content (AvgIpc) is 3.39. The summed E-state index contributed by atoms with van der Waals surface area (Å²) >= 11 is 0. The molecule has 3 fully saturated rings. The fraction of sp³-hybridized carbons (Fsp3) is 0.696.